The smallest absolute Gasteiger partial charge is 0.241 e. The fraction of sp³-hybridized carbons (Fsp3) is 0.250. The van der Waals surface area contributed by atoms with E-state index in [1.54, 1.807) is 50.2 Å². The number of aryl methyl sites for hydroxylation is 2. The van der Waals surface area contributed by atoms with Crippen LogP contribution in [0.15, 0.2) is 51.9 Å². The molecule has 1 atom stereocenters. The molecular weight excluding hydrogens is 428 g/mol. The second-order valence-corrected chi connectivity index (χ2v) is 8.92. The summed E-state index contributed by atoms with van der Waals surface area (Å²) in [6.45, 7) is 5.06. The lowest BCUT2D eigenvalue weighted by atomic mass is 10.1. The molecule has 0 spiro atoms. The Hall–Kier alpha value is -2.75. The maximum atomic E-state index is 12.9. The second-order valence-electron chi connectivity index (χ2n) is 6.80. The Balaban J connectivity index is 1.72. The monoisotopic (exact) mass is 448 g/mol. The van der Waals surface area contributed by atoms with Crippen molar-refractivity contribution in [1.82, 2.24) is 20.2 Å². The van der Waals surface area contributed by atoms with Crippen molar-refractivity contribution in [3.8, 4) is 11.4 Å². The van der Waals surface area contributed by atoms with Crippen LogP contribution >= 0.6 is 11.6 Å². The summed E-state index contributed by atoms with van der Waals surface area (Å²) in [7, 11) is -3.96. The van der Waals surface area contributed by atoms with Gasteiger partial charge >= 0.3 is 0 Å². The van der Waals surface area contributed by atoms with Crippen LogP contribution in [-0.4, -0.2) is 30.5 Å². The second kappa shape index (κ2) is 8.95. The van der Waals surface area contributed by atoms with Crippen molar-refractivity contribution < 1.29 is 17.7 Å². The Morgan fingerprint density at radius 3 is 2.50 bits per heavy atom. The lowest BCUT2D eigenvalue weighted by Crippen LogP contribution is -2.44. The van der Waals surface area contributed by atoms with Crippen LogP contribution in [0.25, 0.3) is 11.4 Å². The third kappa shape index (κ3) is 5.24. The van der Waals surface area contributed by atoms with Gasteiger partial charge in [0.1, 0.15) is 0 Å². The van der Waals surface area contributed by atoms with Gasteiger partial charge in [-0.2, -0.15) is 9.71 Å². The van der Waals surface area contributed by atoms with Crippen molar-refractivity contribution in [2.24, 2.45) is 0 Å². The van der Waals surface area contributed by atoms with Gasteiger partial charge in [-0.15, -0.1) is 0 Å². The molecule has 0 fully saturated rings. The third-order valence-electron chi connectivity index (χ3n) is 4.37. The summed E-state index contributed by atoms with van der Waals surface area (Å²) in [6, 6.07) is 10.9. The number of hydrogen-bond acceptors (Lipinski definition) is 6. The van der Waals surface area contributed by atoms with Crippen LogP contribution in [0.1, 0.15) is 23.9 Å². The molecule has 2 N–H and O–H groups in total. The molecule has 3 rings (SSSR count). The standard InChI is InChI=1S/C20H21ClN4O4S/c1-12-4-7-16(19-23-14(3)29-24-19)10-18(12)30(27,28)25-13(2)20(26)22-11-15-5-8-17(21)9-6-15/h4-10,13,25H,11H2,1-3H3,(H,22,26). The largest absolute Gasteiger partial charge is 0.351 e. The van der Waals surface area contributed by atoms with Crippen LogP contribution in [0.2, 0.25) is 5.02 Å². The minimum absolute atomic E-state index is 0.0415. The zero-order valence-corrected chi connectivity index (χ0v) is 18.2. The first-order valence-electron chi connectivity index (χ1n) is 9.11. The fourth-order valence-electron chi connectivity index (χ4n) is 2.74. The van der Waals surface area contributed by atoms with E-state index >= 15 is 0 Å². The topological polar surface area (TPSA) is 114 Å². The van der Waals surface area contributed by atoms with Gasteiger partial charge < -0.3 is 9.84 Å². The van der Waals surface area contributed by atoms with Gasteiger partial charge in [-0.05, 0) is 43.2 Å². The first kappa shape index (κ1) is 21.9. The molecular formula is C20H21ClN4O4S. The van der Waals surface area contributed by atoms with Crippen LogP contribution in [0.4, 0.5) is 0 Å². The van der Waals surface area contributed by atoms with Crippen LogP contribution in [-0.2, 0) is 21.4 Å². The van der Waals surface area contributed by atoms with Gasteiger partial charge in [0.25, 0.3) is 0 Å². The molecule has 1 amide bonds. The number of sulfonamides is 1. The van der Waals surface area contributed by atoms with Crippen molar-refractivity contribution in [3.63, 3.8) is 0 Å². The molecule has 0 aliphatic heterocycles. The molecule has 8 nitrogen and oxygen atoms in total. The molecule has 158 valence electrons. The van der Waals surface area contributed by atoms with Crippen molar-refractivity contribution in [1.29, 1.82) is 0 Å². The Kier molecular flexibility index (Phi) is 6.55. The number of amides is 1. The number of hydrogen-bond donors (Lipinski definition) is 2. The molecule has 2 aromatic carbocycles. The van der Waals surface area contributed by atoms with Crippen LogP contribution in [0.3, 0.4) is 0 Å². The number of nitrogens with zero attached hydrogens (tertiary/aromatic N) is 2. The molecule has 0 saturated heterocycles. The average Bonchev–Trinajstić information content (AvgIpc) is 3.13. The van der Waals surface area contributed by atoms with Gasteiger partial charge in [0.15, 0.2) is 0 Å². The van der Waals surface area contributed by atoms with Crippen LogP contribution in [0, 0.1) is 13.8 Å². The van der Waals surface area contributed by atoms with Gasteiger partial charge in [-0.3, -0.25) is 4.79 Å². The Morgan fingerprint density at radius 1 is 1.17 bits per heavy atom. The van der Waals surface area contributed by atoms with E-state index in [1.165, 1.54) is 13.0 Å². The number of carbonyl (C=O) groups is 1. The molecule has 0 aliphatic carbocycles. The van der Waals surface area contributed by atoms with Crippen LogP contribution < -0.4 is 10.0 Å². The highest BCUT2D eigenvalue weighted by Gasteiger charge is 2.24. The van der Waals surface area contributed by atoms with E-state index in [0.29, 0.717) is 22.0 Å². The van der Waals surface area contributed by atoms with E-state index < -0.39 is 22.0 Å². The van der Waals surface area contributed by atoms with Gasteiger partial charge in [0.2, 0.25) is 27.6 Å². The van der Waals surface area contributed by atoms with Crippen LogP contribution in [0.5, 0.6) is 0 Å². The fourth-order valence-corrected chi connectivity index (χ4v) is 4.34. The van der Waals surface area contributed by atoms with E-state index in [2.05, 4.69) is 20.2 Å². The summed E-state index contributed by atoms with van der Waals surface area (Å²) in [6.07, 6.45) is 0. The number of halogens is 1. The van der Waals surface area contributed by atoms with E-state index in [1.807, 2.05) is 0 Å². The molecule has 0 bridgehead atoms. The van der Waals surface area contributed by atoms with Gasteiger partial charge in [0, 0.05) is 24.1 Å². The van der Waals surface area contributed by atoms with E-state index in [-0.39, 0.29) is 17.3 Å². The molecule has 1 aromatic heterocycles. The molecule has 0 saturated carbocycles. The quantitative estimate of drug-likeness (QED) is 0.574. The van der Waals surface area contributed by atoms with Crippen molar-refractivity contribution >= 4 is 27.5 Å². The van der Waals surface area contributed by atoms with Crippen molar-refractivity contribution in [2.75, 3.05) is 0 Å². The maximum Gasteiger partial charge on any atom is 0.241 e. The van der Waals surface area contributed by atoms with E-state index in [0.717, 1.165) is 5.56 Å². The first-order valence-corrected chi connectivity index (χ1v) is 11.0. The van der Waals surface area contributed by atoms with Gasteiger partial charge in [-0.1, -0.05) is 41.0 Å². The highest BCUT2D eigenvalue weighted by atomic mass is 35.5. The predicted octanol–water partition coefficient (Wildman–Crippen LogP) is 2.99. The minimum Gasteiger partial charge on any atom is -0.351 e. The number of aromatic nitrogens is 2. The molecule has 10 heteroatoms. The molecule has 3 aromatic rings. The molecule has 0 radical (unpaired) electrons. The zero-order valence-electron chi connectivity index (χ0n) is 16.6. The summed E-state index contributed by atoms with van der Waals surface area (Å²) in [5.74, 6) is 0.216. The van der Waals surface area contributed by atoms with Gasteiger partial charge in [0.05, 0.1) is 10.9 Å². The molecule has 1 heterocycles. The predicted molar refractivity (Wildman–Crippen MR) is 112 cm³/mol. The highest BCUT2D eigenvalue weighted by molar-refractivity contribution is 7.89. The lowest BCUT2D eigenvalue weighted by Gasteiger charge is -2.16. The summed E-state index contributed by atoms with van der Waals surface area (Å²) in [4.78, 5) is 16.5. The maximum absolute atomic E-state index is 12.9. The van der Waals surface area contributed by atoms with Crippen molar-refractivity contribution in [3.05, 3.63) is 64.5 Å². The number of nitrogens with one attached hydrogen (secondary N) is 2. The first-order chi connectivity index (χ1) is 14.2. The zero-order chi connectivity index (χ0) is 21.9. The Labute approximate surface area is 179 Å². The number of carbonyl (C=O) groups excluding carboxylic acids is 1. The summed E-state index contributed by atoms with van der Waals surface area (Å²) < 4.78 is 33.2. The summed E-state index contributed by atoms with van der Waals surface area (Å²) in [5, 5.41) is 7.12. The highest BCUT2D eigenvalue weighted by Crippen LogP contribution is 2.23. The summed E-state index contributed by atoms with van der Waals surface area (Å²) >= 11 is 5.84. The average molecular weight is 449 g/mol. The Morgan fingerprint density at radius 2 is 1.87 bits per heavy atom. The van der Waals surface area contributed by atoms with E-state index in [9.17, 15) is 13.2 Å². The molecule has 1 unspecified atom stereocenters. The SMILES string of the molecule is Cc1nc(-c2ccc(C)c(S(=O)(=O)NC(C)C(=O)NCc3ccc(Cl)cc3)c2)no1. The van der Waals surface area contributed by atoms with Gasteiger partial charge in [-0.25, -0.2) is 8.42 Å². The lowest BCUT2D eigenvalue weighted by molar-refractivity contribution is -0.122. The van der Waals surface area contributed by atoms with E-state index in [4.69, 9.17) is 16.1 Å². The van der Waals surface area contributed by atoms with Crippen molar-refractivity contribution in [2.45, 2.75) is 38.3 Å². The normalized spacial score (nSPS) is 12.5. The Bertz CT molecular complexity index is 1160. The molecule has 0 aliphatic rings. The summed E-state index contributed by atoms with van der Waals surface area (Å²) in [5.41, 5.74) is 1.87. The minimum atomic E-state index is -3.96. The number of benzene rings is 2. The molecule has 30 heavy (non-hydrogen) atoms. The number of rotatable bonds is 7. The third-order valence-corrected chi connectivity index (χ3v) is 6.30.